The van der Waals surface area contributed by atoms with Gasteiger partial charge in [0.15, 0.2) is 0 Å². The van der Waals surface area contributed by atoms with Crippen molar-refractivity contribution in [3.63, 3.8) is 0 Å². The van der Waals surface area contributed by atoms with Crippen LogP contribution in [-0.2, 0) is 6.42 Å². The summed E-state index contributed by atoms with van der Waals surface area (Å²) in [5, 5.41) is 0. The summed E-state index contributed by atoms with van der Waals surface area (Å²) >= 11 is 1.68. The molecule has 0 radical (unpaired) electrons. The maximum absolute atomic E-state index is 13.2. The van der Waals surface area contributed by atoms with Gasteiger partial charge in [0.1, 0.15) is 17.3 Å². The Balaban J connectivity index is 2.21. The van der Waals surface area contributed by atoms with Crippen molar-refractivity contribution in [1.82, 2.24) is 0 Å². The summed E-state index contributed by atoms with van der Waals surface area (Å²) in [6.45, 7) is 0.464. The standard InChI is InChI=1S/C15H16FNOS/c1-19-14-5-3-13(4-6-14)18-15-7-2-12(16)10-11(15)8-9-17/h2-7,10H,8-9,17H2,1H3. The number of nitrogens with two attached hydrogens (primary N) is 1. The monoisotopic (exact) mass is 277 g/mol. The second-order valence-corrected chi connectivity index (χ2v) is 4.95. The average molecular weight is 277 g/mol. The van der Waals surface area contributed by atoms with E-state index in [0.29, 0.717) is 18.7 Å². The lowest BCUT2D eigenvalue weighted by molar-refractivity contribution is 0.473. The van der Waals surface area contributed by atoms with Crippen LogP contribution >= 0.6 is 11.8 Å². The van der Waals surface area contributed by atoms with Crippen LogP contribution in [0.2, 0.25) is 0 Å². The number of benzene rings is 2. The molecule has 2 aromatic rings. The summed E-state index contributed by atoms with van der Waals surface area (Å²) in [6.07, 6.45) is 2.62. The van der Waals surface area contributed by atoms with Crippen molar-refractivity contribution in [2.75, 3.05) is 12.8 Å². The first-order valence-corrected chi connectivity index (χ1v) is 7.26. The van der Waals surface area contributed by atoms with E-state index in [0.717, 1.165) is 11.3 Å². The minimum atomic E-state index is -0.270. The molecule has 0 heterocycles. The van der Waals surface area contributed by atoms with E-state index in [1.807, 2.05) is 30.5 Å². The molecule has 0 aromatic heterocycles. The fourth-order valence-electron chi connectivity index (χ4n) is 1.77. The normalized spacial score (nSPS) is 10.5. The predicted octanol–water partition coefficient (Wildman–Crippen LogP) is 3.84. The molecule has 2 rings (SSSR count). The molecule has 100 valence electrons. The molecule has 0 aliphatic heterocycles. The molecule has 0 aliphatic rings. The van der Waals surface area contributed by atoms with E-state index >= 15 is 0 Å². The molecular weight excluding hydrogens is 261 g/mol. The van der Waals surface area contributed by atoms with Crippen molar-refractivity contribution >= 4 is 11.8 Å². The molecule has 0 amide bonds. The molecule has 0 atom stereocenters. The summed E-state index contributed by atoms with van der Waals surface area (Å²) in [5.74, 6) is 1.12. The Morgan fingerprint density at radius 2 is 1.89 bits per heavy atom. The minimum absolute atomic E-state index is 0.270. The van der Waals surface area contributed by atoms with Gasteiger partial charge in [-0.3, -0.25) is 0 Å². The molecular formula is C15H16FNOS. The fourth-order valence-corrected chi connectivity index (χ4v) is 2.18. The Labute approximate surface area is 116 Å². The largest absolute Gasteiger partial charge is 0.457 e. The van der Waals surface area contributed by atoms with Gasteiger partial charge in [-0.1, -0.05) is 0 Å². The summed E-state index contributed by atoms with van der Waals surface area (Å²) < 4.78 is 19.0. The van der Waals surface area contributed by atoms with Gasteiger partial charge in [-0.2, -0.15) is 0 Å². The van der Waals surface area contributed by atoms with Crippen molar-refractivity contribution in [2.45, 2.75) is 11.3 Å². The van der Waals surface area contributed by atoms with Crippen LogP contribution in [0, 0.1) is 5.82 Å². The first kappa shape index (κ1) is 13.9. The van der Waals surface area contributed by atoms with E-state index < -0.39 is 0 Å². The van der Waals surface area contributed by atoms with E-state index in [4.69, 9.17) is 10.5 Å². The second kappa shape index (κ2) is 6.59. The average Bonchev–Trinajstić information content (AvgIpc) is 2.43. The molecule has 2 aromatic carbocycles. The van der Waals surface area contributed by atoms with Gasteiger partial charge in [0.2, 0.25) is 0 Å². The van der Waals surface area contributed by atoms with E-state index in [-0.39, 0.29) is 5.82 Å². The number of rotatable bonds is 5. The second-order valence-electron chi connectivity index (χ2n) is 4.07. The molecule has 0 unspecified atom stereocenters. The third-order valence-electron chi connectivity index (χ3n) is 2.72. The minimum Gasteiger partial charge on any atom is -0.457 e. The summed E-state index contributed by atoms with van der Waals surface area (Å²) in [4.78, 5) is 1.17. The number of ether oxygens (including phenoxy) is 1. The van der Waals surface area contributed by atoms with E-state index in [1.165, 1.54) is 17.0 Å². The van der Waals surface area contributed by atoms with Gasteiger partial charge < -0.3 is 10.5 Å². The maximum atomic E-state index is 13.2. The Kier molecular flexibility index (Phi) is 4.82. The molecule has 0 saturated heterocycles. The van der Waals surface area contributed by atoms with Crippen LogP contribution in [0.1, 0.15) is 5.56 Å². The highest BCUT2D eigenvalue weighted by molar-refractivity contribution is 7.98. The van der Waals surface area contributed by atoms with E-state index in [9.17, 15) is 4.39 Å². The first-order chi connectivity index (χ1) is 9.22. The molecule has 2 nitrogen and oxygen atoms in total. The molecule has 0 fully saturated rings. The van der Waals surface area contributed by atoms with Crippen LogP contribution in [0.25, 0.3) is 0 Å². The zero-order valence-electron chi connectivity index (χ0n) is 10.7. The molecule has 0 saturated carbocycles. The van der Waals surface area contributed by atoms with E-state index in [2.05, 4.69) is 0 Å². The number of hydrogen-bond donors (Lipinski definition) is 1. The smallest absolute Gasteiger partial charge is 0.130 e. The predicted molar refractivity (Wildman–Crippen MR) is 77.5 cm³/mol. The van der Waals surface area contributed by atoms with Gasteiger partial charge >= 0.3 is 0 Å². The zero-order valence-corrected chi connectivity index (χ0v) is 11.5. The molecule has 4 heteroatoms. The van der Waals surface area contributed by atoms with Crippen LogP contribution in [0.3, 0.4) is 0 Å². The highest BCUT2D eigenvalue weighted by atomic mass is 32.2. The third-order valence-corrected chi connectivity index (χ3v) is 3.47. The van der Waals surface area contributed by atoms with Crippen LogP contribution in [0.5, 0.6) is 11.5 Å². The van der Waals surface area contributed by atoms with Crippen molar-refractivity contribution in [3.05, 3.63) is 53.8 Å². The summed E-state index contributed by atoms with van der Waals surface area (Å²) in [6, 6.07) is 12.3. The van der Waals surface area contributed by atoms with Crippen molar-refractivity contribution < 1.29 is 9.13 Å². The lowest BCUT2D eigenvalue weighted by Crippen LogP contribution is -2.04. The molecule has 19 heavy (non-hydrogen) atoms. The van der Waals surface area contributed by atoms with Gasteiger partial charge in [-0.05, 0) is 67.2 Å². The SMILES string of the molecule is CSc1ccc(Oc2ccc(F)cc2CCN)cc1. The Bertz CT molecular complexity index is 542. The Morgan fingerprint density at radius 3 is 2.53 bits per heavy atom. The van der Waals surface area contributed by atoms with Crippen LogP contribution in [-0.4, -0.2) is 12.8 Å². The third kappa shape index (κ3) is 3.72. The van der Waals surface area contributed by atoms with Gasteiger partial charge in [-0.15, -0.1) is 11.8 Å². The number of halogens is 1. The van der Waals surface area contributed by atoms with Crippen molar-refractivity contribution in [3.8, 4) is 11.5 Å². The first-order valence-electron chi connectivity index (χ1n) is 6.03. The topological polar surface area (TPSA) is 35.2 Å². The van der Waals surface area contributed by atoms with Gasteiger partial charge in [-0.25, -0.2) is 4.39 Å². The van der Waals surface area contributed by atoms with Crippen LogP contribution in [0.15, 0.2) is 47.4 Å². The van der Waals surface area contributed by atoms with Crippen molar-refractivity contribution in [1.29, 1.82) is 0 Å². The lowest BCUT2D eigenvalue weighted by Gasteiger charge is -2.11. The van der Waals surface area contributed by atoms with Gasteiger partial charge in [0.05, 0.1) is 0 Å². The molecule has 0 spiro atoms. The Morgan fingerprint density at radius 1 is 1.16 bits per heavy atom. The number of hydrogen-bond acceptors (Lipinski definition) is 3. The van der Waals surface area contributed by atoms with Gasteiger partial charge in [0.25, 0.3) is 0 Å². The highest BCUT2D eigenvalue weighted by Gasteiger charge is 2.06. The summed E-state index contributed by atoms with van der Waals surface area (Å²) in [7, 11) is 0. The molecule has 2 N–H and O–H groups in total. The molecule has 0 bridgehead atoms. The fraction of sp³-hybridized carbons (Fsp3) is 0.200. The zero-order chi connectivity index (χ0) is 13.7. The Hall–Kier alpha value is -1.52. The van der Waals surface area contributed by atoms with Gasteiger partial charge in [0, 0.05) is 4.90 Å². The summed E-state index contributed by atoms with van der Waals surface area (Å²) in [5.41, 5.74) is 6.32. The van der Waals surface area contributed by atoms with Crippen molar-refractivity contribution in [2.24, 2.45) is 5.73 Å². The molecule has 0 aliphatic carbocycles. The number of thioether (sulfide) groups is 1. The maximum Gasteiger partial charge on any atom is 0.130 e. The van der Waals surface area contributed by atoms with Crippen LogP contribution < -0.4 is 10.5 Å². The van der Waals surface area contributed by atoms with Crippen LogP contribution in [0.4, 0.5) is 4.39 Å². The lowest BCUT2D eigenvalue weighted by atomic mass is 10.1. The van der Waals surface area contributed by atoms with E-state index in [1.54, 1.807) is 17.8 Å². The quantitative estimate of drug-likeness (QED) is 0.843. The highest BCUT2D eigenvalue weighted by Crippen LogP contribution is 2.27.